The van der Waals surface area contributed by atoms with Gasteiger partial charge in [0.15, 0.2) is 5.82 Å². The Morgan fingerprint density at radius 3 is 3.19 bits per heavy atom. The van der Waals surface area contributed by atoms with Crippen LogP contribution in [0.4, 0.5) is 5.69 Å². The number of benzene rings is 1. The van der Waals surface area contributed by atoms with E-state index >= 15 is 0 Å². The Bertz CT molecular complexity index is 693. The Hall–Kier alpha value is -2.37. The van der Waals surface area contributed by atoms with Gasteiger partial charge in [-0.05, 0) is 30.5 Å². The van der Waals surface area contributed by atoms with Crippen molar-refractivity contribution in [1.82, 2.24) is 19.7 Å². The van der Waals surface area contributed by atoms with Gasteiger partial charge in [0.1, 0.15) is 6.33 Å². The number of anilines is 1. The SMILES string of the molecule is O=C(c1cccc2c1CCCN2)N1CCn2cnnc2C1. The molecule has 4 rings (SSSR count). The summed E-state index contributed by atoms with van der Waals surface area (Å²) in [4.78, 5) is 14.7. The summed E-state index contributed by atoms with van der Waals surface area (Å²) in [6.07, 6.45) is 3.77. The van der Waals surface area contributed by atoms with Crippen LogP contribution in [-0.4, -0.2) is 38.7 Å². The molecule has 3 heterocycles. The first kappa shape index (κ1) is 12.4. The molecule has 6 heteroatoms. The molecule has 21 heavy (non-hydrogen) atoms. The second kappa shape index (κ2) is 4.87. The minimum Gasteiger partial charge on any atom is -0.385 e. The number of rotatable bonds is 1. The maximum absolute atomic E-state index is 12.8. The largest absolute Gasteiger partial charge is 0.385 e. The second-order valence-corrected chi connectivity index (χ2v) is 5.53. The normalized spacial score (nSPS) is 16.9. The summed E-state index contributed by atoms with van der Waals surface area (Å²) in [5.41, 5.74) is 3.08. The minimum absolute atomic E-state index is 0.102. The third kappa shape index (κ3) is 2.07. The van der Waals surface area contributed by atoms with Crippen molar-refractivity contribution in [3.63, 3.8) is 0 Å². The second-order valence-electron chi connectivity index (χ2n) is 5.53. The molecule has 0 radical (unpaired) electrons. The van der Waals surface area contributed by atoms with Crippen molar-refractivity contribution in [1.29, 1.82) is 0 Å². The molecular formula is C15H17N5O. The third-order valence-electron chi connectivity index (χ3n) is 4.25. The molecule has 108 valence electrons. The van der Waals surface area contributed by atoms with Gasteiger partial charge in [-0.15, -0.1) is 10.2 Å². The Kier molecular flexibility index (Phi) is 2.87. The minimum atomic E-state index is 0.102. The van der Waals surface area contributed by atoms with Gasteiger partial charge in [0.25, 0.3) is 5.91 Å². The first-order valence-corrected chi connectivity index (χ1v) is 7.34. The summed E-state index contributed by atoms with van der Waals surface area (Å²) in [5, 5.41) is 11.4. The maximum Gasteiger partial charge on any atom is 0.254 e. The zero-order chi connectivity index (χ0) is 14.2. The Balaban J connectivity index is 1.64. The number of hydrogen-bond acceptors (Lipinski definition) is 4. The van der Waals surface area contributed by atoms with Crippen LogP contribution >= 0.6 is 0 Å². The summed E-state index contributed by atoms with van der Waals surface area (Å²) in [7, 11) is 0. The number of nitrogens with zero attached hydrogens (tertiary/aromatic N) is 4. The lowest BCUT2D eigenvalue weighted by molar-refractivity contribution is 0.0706. The fraction of sp³-hybridized carbons (Fsp3) is 0.400. The Morgan fingerprint density at radius 2 is 2.24 bits per heavy atom. The van der Waals surface area contributed by atoms with Gasteiger partial charge in [-0.2, -0.15) is 0 Å². The van der Waals surface area contributed by atoms with E-state index in [1.165, 1.54) is 0 Å². The van der Waals surface area contributed by atoms with E-state index in [0.717, 1.165) is 48.6 Å². The average Bonchev–Trinajstić information content (AvgIpc) is 3.01. The third-order valence-corrected chi connectivity index (χ3v) is 4.25. The molecule has 0 atom stereocenters. The molecular weight excluding hydrogens is 266 g/mol. The fourth-order valence-corrected chi connectivity index (χ4v) is 3.12. The van der Waals surface area contributed by atoms with Gasteiger partial charge in [0.05, 0.1) is 6.54 Å². The fourth-order valence-electron chi connectivity index (χ4n) is 3.12. The molecule has 1 amide bonds. The number of nitrogens with one attached hydrogen (secondary N) is 1. The molecule has 2 aromatic rings. The van der Waals surface area contributed by atoms with Crippen molar-refractivity contribution in [2.75, 3.05) is 18.4 Å². The van der Waals surface area contributed by atoms with Crippen LogP contribution in [0.3, 0.4) is 0 Å². The molecule has 2 aliphatic rings. The zero-order valence-electron chi connectivity index (χ0n) is 11.7. The van der Waals surface area contributed by atoms with Gasteiger partial charge in [-0.25, -0.2) is 0 Å². The quantitative estimate of drug-likeness (QED) is 0.856. The molecule has 0 saturated heterocycles. The van der Waals surface area contributed by atoms with Crippen molar-refractivity contribution in [3.05, 3.63) is 41.5 Å². The highest BCUT2D eigenvalue weighted by Gasteiger charge is 2.25. The summed E-state index contributed by atoms with van der Waals surface area (Å²) in [6, 6.07) is 5.95. The number of amides is 1. The predicted octanol–water partition coefficient (Wildman–Crippen LogP) is 1.29. The summed E-state index contributed by atoms with van der Waals surface area (Å²) >= 11 is 0. The van der Waals surface area contributed by atoms with E-state index in [4.69, 9.17) is 0 Å². The summed E-state index contributed by atoms with van der Waals surface area (Å²) < 4.78 is 2.01. The number of hydrogen-bond donors (Lipinski definition) is 1. The number of carbonyl (C=O) groups is 1. The van der Waals surface area contributed by atoms with Gasteiger partial charge in [0, 0.05) is 30.9 Å². The molecule has 6 nitrogen and oxygen atoms in total. The Labute approximate surface area is 122 Å². The van der Waals surface area contributed by atoms with E-state index in [-0.39, 0.29) is 5.91 Å². The number of carbonyl (C=O) groups excluding carboxylic acids is 1. The number of aromatic nitrogens is 3. The van der Waals surface area contributed by atoms with E-state index in [1.807, 2.05) is 21.6 Å². The zero-order valence-corrected chi connectivity index (χ0v) is 11.7. The van der Waals surface area contributed by atoms with Crippen molar-refractivity contribution < 1.29 is 4.79 Å². The first-order chi connectivity index (χ1) is 10.3. The molecule has 1 aromatic carbocycles. The van der Waals surface area contributed by atoms with E-state index in [0.29, 0.717) is 13.1 Å². The van der Waals surface area contributed by atoms with Gasteiger partial charge >= 0.3 is 0 Å². The van der Waals surface area contributed by atoms with Crippen LogP contribution in [0, 0.1) is 0 Å². The van der Waals surface area contributed by atoms with Crippen molar-refractivity contribution >= 4 is 11.6 Å². The van der Waals surface area contributed by atoms with E-state index in [9.17, 15) is 4.79 Å². The highest BCUT2D eigenvalue weighted by Crippen LogP contribution is 2.27. The van der Waals surface area contributed by atoms with Gasteiger partial charge < -0.3 is 14.8 Å². The summed E-state index contributed by atoms with van der Waals surface area (Å²) in [5.74, 6) is 0.960. The molecule has 0 aliphatic carbocycles. The van der Waals surface area contributed by atoms with Crippen LogP contribution < -0.4 is 5.32 Å². The molecule has 2 aliphatic heterocycles. The molecule has 0 unspecified atom stereocenters. The lowest BCUT2D eigenvalue weighted by Crippen LogP contribution is -2.38. The van der Waals surface area contributed by atoms with Crippen LogP contribution in [0.2, 0.25) is 0 Å². The Morgan fingerprint density at radius 1 is 1.29 bits per heavy atom. The molecule has 0 fully saturated rings. The van der Waals surface area contributed by atoms with E-state index in [1.54, 1.807) is 6.33 Å². The van der Waals surface area contributed by atoms with E-state index < -0.39 is 0 Å². The smallest absolute Gasteiger partial charge is 0.254 e. The topological polar surface area (TPSA) is 63.1 Å². The maximum atomic E-state index is 12.8. The van der Waals surface area contributed by atoms with Gasteiger partial charge in [-0.3, -0.25) is 4.79 Å². The summed E-state index contributed by atoms with van der Waals surface area (Å²) in [6.45, 7) is 3.00. The molecule has 1 aromatic heterocycles. The molecule has 0 spiro atoms. The lowest BCUT2D eigenvalue weighted by Gasteiger charge is -2.29. The monoisotopic (exact) mass is 283 g/mol. The van der Waals surface area contributed by atoms with Crippen LogP contribution in [0.1, 0.15) is 28.2 Å². The standard InChI is InChI=1S/C15H17N5O/c21-15(19-7-8-20-10-17-18-14(20)9-19)12-3-1-5-13-11(12)4-2-6-16-13/h1,3,5,10,16H,2,4,6-9H2. The molecule has 1 N–H and O–H groups in total. The molecule has 0 bridgehead atoms. The average molecular weight is 283 g/mol. The lowest BCUT2D eigenvalue weighted by atomic mass is 9.96. The van der Waals surface area contributed by atoms with Crippen LogP contribution in [0.5, 0.6) is 0 Å². The van der Waals surface area contributed by atoms with Gasteiger partial charge in [-0.1, -0.05) is 6.07 Å². The predicted molar refractivity (Wildman–Crippen MR) is 78.0 cm³/mol. The number of fused-ring (bicyclic) bond motifs is 2. The van der Waals surface area contributed by atoms with Crippen LogP contribution in [-0.2, 0) is 19.5 Å². The highest BCUT2D eigenvalue weighted by atomic mass is 16.2. The highest BCUT2D eigenvalue weighted by molar-refractivity contribution is 5.97. The van der Waals surface area contributed by atoms with Crippen molar-refractivity contribution in [2.24, 2.45) is 0 Å². The van der Waals surface area contributed by atoms with Crippen LogP contribution in [0.25, 0.3) is 0 Å². The van der Waals surface area contributed by atoms with Crippen molar-refractivity contribution in [3.8, 4) is 0 Å². The van der Waals surface area contributed by atoms with Crippen molar-refractivity contribution in [2.45, 2.75) is 25.9 Å². The molecule has 0 saturated carbocycles. The van der Waals surface area contributed by atoms with Gasteiger partial charge in [0.2, 0.25) is 0 Å². The van der Waals surface area contributed by atoms with Crippen LogP contribution in [0.15, 0.2) is 24.5 Å². The first-order valence-electron chi connectivity index (χ1n) is 7.34. The van der Waals surface area contributed by atoms with E-state index in [2.05, 4.69) is 21.6 Å².